The van der Waals surface area contributed by atoms with Crippen LogP contribution in [0.4, 0.5) is 0 Å². The first kappa shape index (κ1) is 14.8. The van der Waals surface area contributed by atoms with Crippen molar-refractivity contribution in [3.63, 3.8) is 0 Å². The molecule has 102 valence electrons. The number of rotatable bonds is 6. The lowest BCUT2D eigenvalue weighted by atomic mass is 9.84. The molecule has 0 fully saturated rings. The number of nitrogens with zero attached hydrogens (tertiary/aromatic N) is 1. The van der Waals surface area contributed by atoms with E-state index in [0.717, 1.165) is 24.2 Å². The molecule has 1 heterocycles. The van der Waals surface area contributed by atoms with E-state index in [4.69, 9.17) is 5.73 Å². The molecular formula is C14H25N3O. The van der Waals surface area contributed by atoms with Gasteiger partial charge in [-0.3, -0.25) is 14.9 Å². The Labute approximate surface area is 110 Å². The SMILES string of the molecule is Cc1ccc(C)n1NC(=O)CCC(C)(C)CCN. The van der Waals surface area contributed by atoms with E-state index in [-0.39, 0.29) is 11.3 Å². The topological polar surface area (TPSA) is 60.0 Å². The second kappa shape index (κ2) is 6.05. The fourth-order valence-electron chi connectivity index (χ4n) is 1.99. The number of aromatic nitrogens is 1. The summed E-state index contributed by atoms with van der Waals surface area (Å²) < 4.78 is 1.83. The molecule has 4 nitrogen and oxygen atoms in total. The van der Waals surface area contributed by atoms with Crippen molar-refractivity contribution in [1.29, 1.82) is 0 Å². The van der Waals surface area contributed by atoms with Crippen LogP contribution in [0.15, 0.2) is 12.1 Å². The van der Waals surface area contributed by atoms with E-state index in [1.807, 2.05) is 30.7 Å². The smallest absolute Gasteiger partial charge is 0.238 e. The van der Waals surface area contributed by atoms with E-state index in [9.17, 15) is 4.79 Å². The largest absolute Gasteiger partial charge is 0.330 e. The molecule has 1 aromatic heterocycles. The molecule has 0 aliphatic carbocycles. The summed E-state index contributed by atoms with van der Waals surface area (Å²) in [5.74, 6) is 0.0579. The van der Waals surface area contributed by atoms with E-state index >= 15 is 0 Å². The molecule has 1 rings (SSSR count). The van der Waals surface area contributed by atoms with Crippen LogP contribution in [0.3, 0.4) is 0 Å². The van der Waals surface area contributed by atoms with Gasteiger partial charge in [0.05, 0.1) is 0 Å². The van der Waals surface area contributed by atoms with Crippen molar-refractivity contribution in [2.24, 2.45) is 11.1 Å². The molecule has 4 heteroatoms. The average Bonchev–Trinajstić information content (AvgIpc) is 2.58. The zero-order chi connectivity index (χ0) is 13.8. The zero-order valence-corrected chi connectivity index (χ0v) is 11.9. The number of hydrogen-bond donors (Lipinski definition) is 2. The number of hydrogen-bond acceptors (Lipinski definition) is 2. The van der Waals surface area contributed by atoms with Gasteiger partial charge in [0.2, 0.25) is 5.91 Å². The number of amides is 1. The van der Waals surface area contributed by atoms with Gasteiger partial charge in [0, 0.05) is 17.8 Å². The number of nitrogens with one attached hydrogen (secondary N) is 1. The standard InChI is InChI=1S/C14H25N3O/c1-11-5-6-12(2)17(11)16-13(18)7-8-14(3,4)9-10-15/h5-6H,7-10,15H2,1-4H3,(H,16,18). The summed E-state index contributed by atoms with van der Waals surface area (Å²) >= 11 is 0. The summed E-state index contributed by atoms with van der Waals surface area (Å²) in [7, 11) is 0. The normalized spacial score (nSPS) is 11.6. The molecule has 0 aliphatic heterocycles. The van der Waals surface area contributed by atoms with Gasteiger partial charge in [0.1, 0.15) is 0 Å². The predicted molar refractivity (Wildman–Crippen MR) is 75.0 cm³/mol. The van der Waals surface area contributed by atoms with Crippen LogP contribution in [0, 0.1) is 19.3 Å². The maximum atomic E-state index is 11.9. The van der Waals surface area contributed by atoms with Crippen LogP contribution < -0.4 is 11.2 Å². The van der Waals surface area contributed by atoms with E-state index in [2.05, 4.69) is 19.3 Å². The molecule has 1 amide bonds. The van der Waals surface area contributed by atoms with E-state index in [1.165, 1.54) is 0 Å². The molecule has 0 aromatic carbocycles. The molecule has 0 saturated carbocycles. The van der Waals surface area contributed by atoms with Crippen molar-refractivity contribution < 1.29 is 4.79 Å². The van der Waals surface area contributed by atoms with Crippen LogP contribution in [0.2, 0.25) is 0 Å². The van der Waals surface area contributed by atoms with Crippen molar-refractivity contribution in [3.8, 4) is 0 Å². The van der Waals surface area contributed by atoms with Crippen molar-refractivity contribution in [2.45, 2.75) is 47.0 Å². The highest BCUT2D eigenvalue weighted by molar-refractivity contribution is 5.83. The zero-order valence-electron chi connectivity index (χ0n) is 11.9. The first-order valence-corrected chi connectivity index (χ1v) is 6.50. The molecule has 0 bridgehead atoms. The Kier molecular flexibility index (Phi) is 4.96. The van der Waals surface area contributed by atoms with Crippen LogP contribution in [0.5, 0.6) is 0 Å². The number of nitrogens with two attached hydrogens (primary N) is 1. The molecule has 0 unspecified atom stereocenters. The van der Waals surface area contributed by atoms with Crippen LogP contribution in [0.1, 0.15) is 44.5 Å². The van der Waals surface area contributed by atoms with Crippen molar-refractivity contribution in [1.82, 2.24) is 4.68 Å². The highest BCUT2D eigenvalue weighted by atomic mass is 16.2. The monoisotopic (exact) mass is 251 g/mol. The molecule has 1 aromatic rings. The van der Waals surface area contributed by atoms with Crippen molar-refractivity contribution in [3.05, 3.63) is 23.5 Å². The van der Waals surface area contributed by atoms with Crippen LogP contribution in [-0.4, -0.2) is 17.1 Å². The Bertz CT molecular complexity index is 388. The van der Waals surface area contributed by atoms with E-state index in [0.29, 0.717) is 13.0 Å². The van der Waals surface area contributed by atoms with Gasteiger partial charge >= 0.3 is 0 Å². The number of carbonyl (C=O) groups is 1. The second-order valence-electron chi connectivity index (χ2n) is 5.69. The predicted octanol–water partition coefficient (Wildman–Crippen LogP) is 2.33. The lowest BCUT2D eigenvalue weighted by Gasteiger charge is -2.23. The van der Waals surface area contributed by atoms with Crippen molar-refractivity contribution >= 4 is 5.91 Å². The van der Waals surface area contributed by atoms with Gasteiger partial charge in [-0.15, -0.1) is 0 Å². The lowest BCUT2D eigenvalue weighted by Crippen LogP contribution is -2.26. The van der Waals surface area contributed by atoms with Gasteiger partial charge in [0.25, 0.3) is 0 Å². The minimum absolute atomic E-state index is 0.0579. The molecule has 0 atom stereocenters. The summed E-state index contributed by atoms with van der Waals surface area (Å²) in [5.41, 5.74) is 10.7. The third kappa shape index (κ3) is 4.18. The molecule has 0 spiro atoms. The Hall–Kier alpha value is -1.29. The molecule has 3 N–H and O–H groups in total. The van der Waals surface area contributed by atoms with Crippen molar-refractivity contribution in [2.75, 3.05) is 12.0 Å². The average molecular weight is 251 g/mol. The third-order valence-electron chi connectivity index (χ3n) is 3.36. The first-order chi connectivity index (χ1) is 8.35. The van der Waals surface area contributed by atoms with Crippen LogP contribution in [-0.2, 0) is 4.79 Å². The summed E-state index contributed by atoms with van der Waals surface area (Å²) in [6.45, 7) is 8.93. The molecule has 0 radical (unpaired) electrons. The minimum Gasteiger partial charge on any atom is -0.330 e. The maximum Gasteiger partial charge on any atom is 0.238 e. The van der Waals surface area contributed by atoms with Gasteiger partial charge in [-0.2, -0.15) is 0 Å². The Balaban J connectivity index is 2.48. The van der Waals surface area contributed by atoms with Crippen LogP contribution >= 0.6 is 0 Å². The minimum atomic E-state index is 0.0579. The van der Waals surface area contributed by atoms with Gasteiger partial charge in [-0.05, 0) is 50.8 Å². The summed E-state index contributed by atoms with van der Waals surface area (Å²) in [4.78, 5) is 11.9. The Morgan fingerprint density at radius 2 is 1.83 bits per heavy atom. The quantitative estimate of drug-likeness (QED) is 0.815. The summed E-state index contributed by atoms with van der Waals surface area (Å²) in [5, 5.41) is 0. The molecular weight excluding hydrogens is 226 g/mol. The van der Waals surface area contributed by atoms with Gasteiger partial charge in [0.15, 0.2) is 0 Å². The maximum absolute atomic E-state index is 11.9. The van der Waals surface area contributed by atoms with Gasteiger partial charge in [-0.1, -0.05) is 13.8 Å². The number of carbonyl (C=O) groups excluding carboxylic acids is 1. The Morgan fingerprint density at radius 1 is 1.28 bits per heavy atom. The highest BCUT2D eigenvalue weighted by Crippen LogP contribution is 2.25. The van der Waals surface area contributed by atoms with E-state index in [1.54, 1.807) is 0 Å². The molecule has 18 heavy (non-hydrogen) atoms. The summed E-state index contributed by atoms with van der Waals surface area (Å²) in [6, 6.07) is 3.99. The molecule has 0 saturated heterocycles. The highest BCUT2D eigenvalue weighted by Gasteiger charge is 2.18. The van der Waals surface area contributed by atoms with Gasteiger partial charge < -0.3 is 5.73 Å². The number of aryl methyl sites for hydroxylation is 2. The second-order valence-corrected chi connectivity index (χ2v) is 5.69. The lowest BCUT2D eigenvalue weighted by molar-refractivity contribution is -0.117. The first-order valence-electron chi connectivity index (χ1n) is 6.50. The molecule has 0 aliphatic rings. The fraction of sp³-hybridized carbons (Fsp3) is 0.643. The van der Waals surface area contributed by atoms with E-state index < -0.39 is 0 Å². The van der Waals surface area contributed by atoms with Gasteiger partial charge in [-0.25, -0.2) is 0 Å². The summed E-state index contributed by atoms with van der Waals surface area (Å²) in [6.07, 6.45) is 2.33. The van der Waals surface area contributed by atoms with Crippen LogP contribution in [0.25, 0.3) is 0 Å². The fourth-order valence-corrected chi connectivity index (χ4v) is 1.99. The third-order valence-corrected chi connectivity index (χ3v) is 3.36. The Morgan fingerprint density at radius 3 is 2.33 bits per heavy atom.